The molecule has 2 aromatic carbocycles. The number of nitrogens with one attached hydrogen (secondary N) is 3. The smallest absolute Gasteiger partial charge is 0.318 e. The number of anilines is 2. The number of fused-ring (bicyclic) bond motifs is 1. The van der Waals surface area contributed by atoms with Crippen molar-refractivity contribution < 1.29 is 9.59 Å². The van der Waals surface area contributed by atoms with Crippen molar-refractivity contribution in [2.75, 3.05) is 17.7 Å². The molecule has 0 unspecified atom stereocenters. The molecule has 3 rings (SSSR count). The first kappa shape index (κ1) is 16.0. The molecule has 0 spiro atoms. The van der Waals surface area contributed by atoms with Crippen LogP contribution in [0.1, 0.15) is 15.2 Å². The van der Waals surface area contributed by atoms with Gasteiger partial charge < -0.3 is 16.0 Å². The molecule has 0 bridgehead atoms. The van der Waals surface area contributed by atoms with Crippen LogP contribution in [0.5, 0.6) is 0 Å². The van der Waals surface area contributed by atoms with E-state index in [4.69, 9.17) is 0 Å². The molecular formula is C18H17N3O2S. The van der Waals surface area contributed by atoms with Crippen LogP contribution in [0.3, 0.4) is 0 Å². The summed E-state index contributed by atoms with van der Waals surface area (Å²) in [4.78, 5) is 24.5. The van der Waals surface area contributed by atoms with Gasteiger partial charge >= 0.3 is 6.03 Å². The molecule has 1 aromatic heterocycles. The zero-order chi connectivity index (χ0) is 17.1. The number of carbonyl (C=O) groups excluding carboxylic acids is 2. The highest BCUT2D eigenvalue weighted by Crippen LogP contribution is 2.31. The molecule has 0 aliphatic rings. The highest BCUT2D eigenvalue weighted by Gasteiger charge is 2.15. The lowest BCUT2D eigenvalue weighted by Crippen LogP contribution is -2.24. The molecule has 0 atom stereocenters. The second kappa shape index (κ2) is 6.72. The van der Waals surface area contributed by atoms with Crippen molar-refractivity contribution in [2.24, 2.45) is 0 Å². The summed E-state index contributed by atoms with van der Waals surface area (Å²) in [7, 11) is 1.55. The molecule has 1 heterocycles. The molecule has 5 nitrogen and oxygen atoms in total. The quantitative estimate of drug-likeness (QED) is 0.669. The van der Waals surface area contributed by atoms with E-state index in [9.17, 15) is 9.59 Å². The van der Waals surface area contributed by atoms with Gasteiger partial charge in [0.2, 0.25) is 0 Å². The summed E-state index contributed by atoms with van der Waals surface area (Å²) in [5.74, 6) is -0.124. The Bertz CT molecular complexity index is 900. The summed E-state index contributed by atoms with van der Waals surface area (Å²) in [5, 5.41) is 9.16. The number of amides is 3. The molecule has 3 amide bonds. The van der Waals surface area contributed by atoms with Crippen molar-refractivity contribution in [1.82, 2.24) is 5.32 Å². The van der Waals surface area contributed by atoms with Crippen LogP contribution in [0.4, 0.5) is 16.2 Å². The van der Waals surface area contributed by atoms with E-state index in [0.717, 1.165) is 15.6 Å². The SMILES string of the molecule is CNC(=O)Nc1ccc(NC(=O)c2sc3ccccc3c2C)cc1. The van der Waals surface area contributed by atoms with E-state index in [1.54, 1.807) is 31.3 Å². The minimum absolute atomic E-state index is 0.124. The second-order valence-corrected chi connectivity index (χ2v) is 6.34. The Morgan fingerprint density at radius 3 is 2.17 bits per heavy atom. The van der Waals surface area contributed by atoms with Crippen molar-refractivity contribution in [3.63, 3.8) is 0 Å². The van der Waals surface area contributed by atoms with E-state index in [2.05, 4.69) is 16.0 Å². The molecule has 0 fully saturated rings. The lowest BCUT2D eigenvalue weighted by molar-refractivity contribution is 0.103. The largest absolute Gasteiger partial charge is 0.341 e. The molecule has 3 aromatic rings. The van der Waals surface area contributed by atoms with Gasteiger partial charge in [0.05, 0.1) is 4.88 Å². The van der Waals surface area contributed by atoms with E-state index in [-0.39, 0.29) is 11.9 Å². The molecular weight excluding hydrogens is 322 g/mol. The van der Waals surface area contributed by atoms with Gasteiger partial charge in [-0.1, -0.05) is 18.2 Å². The maximum Gasteiger partial charge on any atom is 0.318 e. The van der Waals surface area contributed by atoms with E-state index >= 15 is 0 Å². The van der Waals surface area contributed by atoms with Crippen molar-refractivity contribution >= 4 is 44.7 Å². The maximum atomic E-state index is 12.5. The van der Waals surface area contributed by atoms with Gasteiger partial charge in [0.25, 0.3) is 5.91 Å². The average molecular weight is 339 g/mol. The van der Waals surface area contributed by atoms with E-state index in [1.165, 1.54) is 11.3 Å². The van der Waals surface area contributed by atoms with Crippen LogP contribution in [-0.2, 0) is 0 Å². The van der Waals surface area contributed by atoms with Gasteiger partial charge in [0.1, 0.15) is 0 Å². The zero-order valence-electron chi connectivity index (χ0n) is 13.3. The van der Waals surface area contributed by atoms with Gasteiger partial charge in [0.15, 0.2) is 0 Å². The normalized spacial score (nSPS) is 10.4. The maximum absolute atomic E-state index is 12.5. The number of urea groups is 1. The Kier molecular flexibility index (Phi) is 4.48. The average Bonchev–Trinajstić information content (AvgIpc) is 2.94. The first-order chi connectivity index (χ1) is 11.6. The van der Waals surface area contributed by atoms with Crippen LogP contribution >= 0.6 is 11.3 Å². The predicted molar refractivity (Wildman–Crippen MR) is 99.0 cm³/mol. The van der Waals surface area contributed by atoms with Gasteiger partial charge in [-0.15, -0.1) is 11.3 Å². The number of hydrogen-bond donors (Lipinski definition) is 3. The summed E-state index contributed by atoms with van der Waals surface area (Å²) in [6.45, 7) is 1.96. The van der Waals surface area contributed by atoms with E-state index in [0.29, 0.717) is 16.3 Å². The first-order valence-electron chi connectivity index (χ1n) is 7.47. The molecule has 0 radical (unpaired) electrons. The van der Waals surface area contributed by atoms with Gasteiger partial charge in [-0.05, 0) is 48.2 Å². The van der Waals surface area contributed by atoms with Crippen LogP contribution in [-0.4, -0.2) is 19.0 Å². The number of aryl methyl sites for hydroxylation is 1. The predicted octanol–water partition coefficient (Wildman–Crippen LogP) is 4.21. The zero-order valence-corrected chi connectivity index (χ0v) is 14.2. The highest BCUT2D eigenvalue weighted by molar-refractivity contribution is 7.21. The fraction of sp³-hybridized carbons (Fsp3) is 0.111. The van der Waals surface area contributed by atoms with Crippen molar-refractivity contribution in [1.29, 1.82) is 0 Å². The Labute approximate surface area is 143 Å². The molecule has 0 saturated heterocycles. The third-order valence-corrected chi connectivity index (χ3v) is 4.95. The van der Waals surface area contributed by atoms with Crippen molar-refractivity contribution in [2.45, 2.75) is 6.92 Å². The lowest BCUT2D eigenvalue weighted by atomic mass is 10.1. The fourth-order valence-electron chi connectivity index (χ4n) is 2.41. The Balaban J connectivity index is 1.76. The van der Waals surface area contributed by atoms with Gasteiger partial charge in [0, 0.05) is 23.1 Å². The number of carbonyl (C=O) groups is 2. The Morgan fingerprint density at radius 1 is 0.917 bits per heavy atom. The van der Waals surface area contributed by atoms with Crippen LogP contribution in [0, 0.1) is 6.92 Å². The van der Waals surface area contributed by atoms with Crippen molar-refractivity contribution in [3.05, 3.63) is 59.0 Å². The van der Waals surface area contributed by atoms with Crippen LogP contribution in [0.25, 0.3) is 10.1 Å². The van der Waals surface area contributed by atoms with Crippen LogP contribution < -0.4 is 16.0 Å². The lowest BCUT2D eigenvalue weighted by Gasteiger charge is -2.07. The molecule has 24 heavy (non-hydrogen) atoms. The Morgan fingerprint density at radius 2 is 1.54 bits per heavy atom. The van der Waals surface area contributed by atoms with Gasteiger partial charge in [-0.2, -0.15) is 0 Å². The van der Waals surface area contributed by atoms with E-state index < -0.39 is 0 Å². The standard InChI is InChI=1S/C18H17N3O2S/c1-11-14-5-3-4-6-15(14)24-16(11)17(22)20-12-7-9-13(10-8-12)21-18(23)19-2/h3-10H,1-2H3,(H,20,22)(H2,19,21,23). The third-order valence-electron chi connectivity index (χ3n) is 3.68. The highest BCUT2D eigenvalue weighted by atomic mass is 32.1. The summed E-state index contributed by atoms with van der Waals surface area (Å²) in [6, 6.07) is 14.7. The molecule has 0 aliphatic heterocycles. The molecule has 6 heteroatoms. The summed E-state index contributed by atoms with van der Waals surface area (Å²) in [5.41, 5.74) is 2.33. The number of hydrogen-bond acceptors (Lipinski definition) is 3. The molecule has 0 aliphatic carbocycles. The monoisotopic (exact) mass is 339 g/mol. The molecule has 122 valence electrons. The molecule has 0 saturated carbocycles. The van der Waals surface area contributed by atoms with Crippen LogP contribution in [0.15, 0.2) is 48.5 Å². The van der Waals surface area contributed by atoms with Gasteiger partial charge in [-0.25, -0.2) is 4.79 Å². The van der Waals surface area contributed by atoms with Gasteiger partial charge in [-0.3, -0.25) is 4.79 Å². The summed E-state index contributed by atoms with van der Waals surface area (Å²) >= 11 is 1.49. The second-order valence-electron chi connectivity index (χ2n) is 5.29. The third kappa shape index (κ3) is 3.23. The number of rotatable bonds is 3. The summed E-state index contributed by atoms with van der Waals surface area (Å²) < 4.78 is 1.10. The van der Waals surface area contributed by atoms with E-state index in [1.807, 2.05) is 31.2 Å². The topological polar surface area (TPSA) is 70.2 Å². The van der Waals surface area contributed by atoms with Crippen molar-refractivity contribution in [3.8, 4) is 0 Å². The summed E-state index contributed by atoms with van der Waals surface area (Å²) in [6.07, 6.45) is 0. The number of benzene rings is 2. The minimum atomic E-state index is -0.285. The first-order valence-corrected chi connectivity index (χ1v) is 8.28. The fourth-order valence-corrected chi connectivity index (χ4v) is 3.51. The Hall–Kier alpha value is -2.86. The minimum Gasteiger partial charge on any atom is -0.341 e. The number of thiophene rings is 1. The van der Waals surface area contributed by atoms with Crippen LogP contribution in [0.2, 0.25) is 0 Å². The molecule has 3 N–H and O–H groups in total.